The van der Waals surface area contributed by atoms with Crippen LogP contribution in [0.2, 0.25) is 0 Å². The Kier molecular flexibility index (Phi) is 6.63. The molecule has 0 fully saturated rings. The van der Waals surface area contributed by atoms with E-state index >= 15 is 0 Å². The lowest BCUT2D eigenvalue weighted by Crippen LogP contribution is -2.14. The highest BCUT2D eigenvalue weighted by Gasteiger charge is 2.35. The van der Waals surface area contributed by atoms with Crippen molar-refractivity contribution in [2.45, 2.75) is 19.3 Å². The molecule has 0 heteroatoms. The van der Waals surface area contributed by atoms with E-state index < -0.39 is 0 Å². The molecule has 240 valence electrons. The first-order chi connectivity index (χ1) is 25.1. The lowest BCUT2D eigenvalue weighted by molar-refractivity contribution is 0.661. The van der Waals surface area contributed by atoms with Crippen LogP contribution in [0.15, 0.2) is 182 Å². The maximum Gasteiger partial charge on any atom is 0.0159 e. The summed E-state index contributed by atoms with van der Waals surface area (Å²) in [4.78, 5) is 0. The molecule has 0 unspecified atom stereocenters. The molecule has 0 N–H and O–H groups in total. The standard InChI is InChI=1S/C51H36/c1-51(2)47-28-27-37(31-45(47)46-30-35-17-6-7-18-36(35)32-48(46)51)34-19-14-20-38(29-34)49-41-23-10-12-25-43(41)50(44-26-13-11-24-42(44)49)40-22-9-8-21-39(40)33-15-4-3-5-16-33/h3-32H,1-2H3. The van der Waals surface area contributed by atoms with E-state index in [0.717, 1.165) is 0 Å². The average molecular weight is 649 g/mol. The molecule has 0 saturated carbocycles. The van der Waals surface area contributed by atoms with E-state index in [1.165, 1.54) is 99.1 Å². The quantitative estimate of drug-likeness (QED) is 0.167. The maximum atomic E-state index is 2.43. The van der Waals surface area contributed by atoms with Gasteiger partial charge in [-0.25, -0.2) is 0 Å². The summed E-state index contributed by atoms with van der Waals surface area (Å²) in [5.74, 6) is 0. The second-order valence-corrected chi connectivity index (χ2v) is 14.5. The Bertz CT molecular complexity index is 2760. The fraction of sp³-hybridized carbons (Fsp3) is 0.0588. The van der Waals surface area contributed by atoms with Gasteiger partial charge in [-0.3, -0.25) is 0 Å². The van der Waals surface area contributed by atoms with E-state index in [2.05, 4.69) is 196 Å². The third-order valence-electron chi connectivity index (χ3n) is 11.2. The largest absolute Gasteiger partial charge is 0.0622 e. The summed E-state index contributed by atoms with van der Waals surface area (Å²) >= 11 is 0. The van der Waals surface area contributed by atoms with Gasteiger partial charge in [0.1, 0.15) is 0 Å². The van der Waals surface area contributed by atoms with E-state index in [-0.39, 0.29) is 5.41 Å². The van der Waals surface area contributed by atoms with Gasteiger partial charge >= 0.3 is 0 Å². The molecule has 0 amide bonds. The van der Waals surface area contributed by atoms with Gasteiger partial charge in [-0.2, -0.15) is 0 Å². The van der Waals surface area contributed by atoms with E-state index in [1.807, 2.05) is 0 Å². The third kappa shape index (κ3) is 4.60. The molecule has 9 aromatic carbocycles. The van der Waals surface area contributed by atoms with Gasteiger partial charge in [0.25, 0.3) is 0 Å². The molecule has 0 nitrogen and oxygen atoms in total. The summed E-state index contributed by atoms with van der Waals surface area (Å²) in [5.41, 5.74) is 15.5. The first kappa shape index (κ1) is 29.7. The molecule has 0 aromatic heterocycles. The van der Waals surface area contributed by atoms with E-state index in [1.54, 1.807) is 0 Å². The molecule has 0 aliphatic heterocycles. The number of rotatable bonds is 4. The number of fused-ring (bicyclic) bond motifs is 6. The van der Waals surface area contributed by atoms with Crippen LogP contribution in [0.4, 0.5) is 0 Å². The minimum absolute atomic E-state index is 0.0478. The molecule has 51 heavy (non-hydrogen) atoms. The normalized spacial score (nSPS) is 13.1. The van der Waals surface area contributed by atoms with Crippen molar-refractivity contribution in [1.29, 1.82) is 0 Å². The second-order valence-electron chi connectivity index (χ2n) is 14.5. The van der Waals surface area contributed by atoms with Crippen molar-refractivity contribution in [3.8, 4) is 55.6 Å². The first-order valence-corrected chi connectivity index (χ1v) is 17.9. The molecular formula is C51H36. The smallest absolute Gasteiger partial charge is 0.0159 e. The molecule has 1 aliphatic carbocycles. The highest BCUT2D eigenvalue weighted by atomic mass is 14.4. The van der Waals surface area contributed by atoms with Crippen LogP contribution in [0, 0.1) is 0 Å². The summed E-state index contributed by atoms with van der Waals surface area (Å²) in [6.07, 6.45) is 0. The summed E-state index contributed by atoms with van der Waals surface area (Å²) in [6, 6.07) is 67.4. The van der Waals surface area contributed by atoms with Crippen molar-refractivity contribution in [3.63, 3.8) is 0 Å². The van der Waals surface area contributed by atoms with Crippen LogP contribution in [-0.2, 0) is 5.41 Å². The molecule has 10 rings (SSSR count). The van der Waals surface area contributed by atoms with Gasteiger partial charge < -0.3 is 0 Å². The first-order valence-electron chi connectivity index (χ1n) is 17.9. The van der Waals surface area contributed by atoms with Crippen molar-refractivity contribution in [2.24, 2.45) is 0 Å². The van der Waals surface area contributed by atoms with Gasteiger partial charge in [0.05, 0.1) is 0 Å². The zero-order valence-electron chi connectivity index (χ0n) is 28.8. The molecule has 0 atom stereocenters. The number of hydrogen-bond acceptors (Lipinski definition) is 0. The van der Waals surface area contributed by atoms with Crippen LogP contribution in [0.5, 0.6) is 0 Å². The lowest BCUT2D eigenvalue weighted by Gasteiger charge is -2.22. The second kappa shape index (κ2) is 11.4. The van der Waals surface area contributed by atoms with Crippen LogP contribution >= 0.6 is 0 Å². The van der Waals surface area contributed by atoms with Crippen LogP contribution in [0.25, 0.3) is 88.0 Å². The van der Waals surface area contributed by atoms with Crippen molar-refractivity contribution in [2.75, 3.05) is 0 Å². The molecule has 0 saturated heterocycles. The monoisotopic (exact) mass is 648 g/mol. The Hall–Kier alpha value is -6.24. The minimum Gasteiger partial charge on any atom is -0.0622 e. The summed E-state index contributed by atoms with van der Waals surface area (Å²) < 4.78 is 0. The fourth-order valence-electron chi connectivity index (χ4n) is 8.77. The molecular weight excluding hydrogens is 613 g/mol. The summed E-state index contributed by atoms with van der Waals surface area (Å²) in [6.45, 7) is 4.73. The number of hydrogen-bond donors (Lipinski definition) is 0. The average Bonchev–Trinajstić information content (AvgIpc) is 3.40. The van der Waals surface area contributed by atoms with Gasteiger partial charge in [-0.1, -0.05) is 172 Å². The Balaban J connectivity index is 1.17. The van der Waals surface area contributed by atoms with Crippen molar-refractivity contribution in [3.05, 3.63) is 193 Å². The van der Waals surface area contributed by atoms with E-state index in [0.29, 0.717) is 0 Å². The molecule has 0 radical (unpaired) electrons. The van der Waals surface area contributed by atoms with Crippen molar-refractivity contribution >= 4 is 32.3 Å². The highest BCUT2D eigenvalue weighted by Crippen LogP contribution is 2.51. The Labute approximate surface area is 299 Å². The predicted molar refractivity (Wildman–Crippen MR) is 218 cm³/mol. The SMILES string of the molecule is CC1(C)c2ccc(-c3cccc(-c4c5ccccc5c(-c5ccccc5-c5ccccc5)c5ccccc45)c3)cc2-c2cc3ccccc3cc21. The molecule has 1 aliphatic rings. The van der Waals surface area contributed by atoms with Gasteiger partial charge in [0, 0.05) is 5.41 Å². The summed E-state index contributed by atoms with van der Waals surface area (Å²) in [5, 5.41) is 7.66. The van der Waals surface area contributed by atoms with Gasteiger partial charge in [0.15, 0.2) is 0 Å². The minimum atomic E-state index is -0.0478. The van der Waals surface area contributed by atoms with Crippen molar-refractivity contribution < 1.29 is 0 Å². The van der Waals surface area contributed by atoms with Gasteiger partial charge in [0.2, 0.25) is 0 Å². The third-order valence-corrected chi connectivity index (χ3v) is 11.2. The van der Waals surface area contributed by atoms with Crippen LogP contribution in [0.3, 0.4) is 0 Å². The molecule has 0 bridgehead atoms. The van der Waals surface area contributed by atoms with E-state index in [9.17, 15) is 0 Å². The van der Waals surface area contributed by atoms with Crippen molar-refractivity contribution in [1.82, 2.24) is 0 Å². The maximum absolute atomic E-state index is 2.43. The lowest BCUT2D eigenvalue weighted by atomic mass is 9.81. The molecule has 9 aromatic rings. The zero-order chi connectivity index (χ0) is 34.1. The van der Waals surface area contributed by atoms with Gasteiger partial charge in [-0.15, -0.1) is 0 Å². The predicted octanol–water partition coefficient (Wildman–Crippen LogP) is 14.1. The van der Waals surface area contributed by atoms with Gasteiger partial charge in [-0.05, 0) is 123 Å². The molecule has 0 heterocycles. The zero-order valence-corrected chi connectivity index (χ0v) is 28.8. The molecule has 0 spiro atoms. The van der Waals surface area contributed by atoms with Crippen LogP contribution in [-0.4, -0.2) is 0 Å². The topological polar surface area (TPSA) is 0 Å². The highest BCUT2D eigenvalue weighted by molar-refractivity contribution is 6.22. The van der Waals surface area contributed by atoms with E-state index in [4.69, 9.17) is 0 Å². The number of benzene rings is 9. The van der Waals surface area contributed by atoms with Crippen LogP contribution < -0.4 is 0 Å². The summed E-state index contributed by atoms with van der Waals surface area (Å²) in [7, 11) is 0. The Morgan fingerprint density at radius 2 is 0.804 bits per heavy atom. The van der Waals surface area contributed by atoms with Crippen LogP contribution in [0.1, 0.15) is 25.0 Å². The Morgan fingerprint density at radius 1 is 0.294 bits per heavy atom. The fourth-order valence-corrected chi connectivity index (χ4v) is 8.77. The Morgan fingerprint density at radius 3 is 1.51 bits per heavy atom.